The molecule has 2 unspecified atom stereocenters. The van der Waals surface area contributed by atoms with Gasteiger partial charge in [-0.15, -0.1) is 11.6 Å². The topological polar surface area (TPSA) is 57.5 Å². The van der Waals surface area contributed by atoms with Crippen LogP contribution in [0.2, 0.25) is 0 Å². The van der Waals surface area contributed by atoms with Crippen molar-refractivity contribution in [1.82, 2.24) is 0 Å². The van der Waals surface area contributed by atoms with E-state index in [0.717, 1.165) is 0 Å². The van der Waals surface area contributed by atoms with Gasteiger partial charge in [-0.05, 0) is 0 Å². The van der Waals surface area contributed by atoms with Gasteiger partial charge in [0.05, 0.1) is 5.88 Å². The molecule has 2 atom stereocenters. The number of hydrogen-bond acceptors (Lipinski definition) is 2. The van der Waals surface area contributed by atoms with Gasteiger partial charge in [0.2, 0.25) is 0 Å². The molecule has 0 spiro atoms. The fourth-order valence-corrected chi connectivity index (χ4v) is 1.35. The number of carboxylic acid groups (broad SMARTS) is 1. The predicted octanol–water partition coefficient (Wildman–Crippen LogP) is 0.783. The Morgan fingerprint density at radius 2 is 2.25 bits per heavy atom. The van der Waals surface area contributed by atoms with Gasteiger partial charge < -0.3 is 10.2 Å². The maximum atomic E-state index is 10.6. The Bertz CT molecular complexity index is 247. The molecule has 0 saturated heterocycles. The molecule has 3 nitrogen and oxygen atoms in total. The minimum Gasteiger partial charge on any atom is -0.481 e. The van der Waals surface area contributed by atoms with Crippen LogP contribution in [-0.2, 0) is 4.79 Å². The van der Waals surface area contributed by atoms with Gasteiger partial charge in [0.25, 0.3) is 0 Å². The van der Waals surface area contributed by atoms with Gasteiger partial charge in [0.15, 0.2) is 0 Å². The minimum atomic E-state index is -1.44. The Morgan fingerprint density at radius 1 is 1.58 bits per heavy atom. The average molecular weight is 189 g/mol. The maximum Gasteiger partial charge on any atom is 0.313 e. The standard InChI is InChI=1S/C8H9ClO3/c9-5-8(12)4-2-1-3-6(8)7(10)11/h1-4,6,12H,5H2,(H,10,11). The number of carbonyl (C=O) groups is 1. The second-order valence-corrected chi connectivity index (χ2v) is 2.95. The zero-order valence-corrected chi connectivity index (χ0v) is 7.03. The maximum absolute atomic E-state index is 10.6. The van der Waals surface area contributed by atoms with Crippen LogP contribution in [0.4, 0.5) is 0 Å². The highest BCUT2D eigenvalue weighted by Gasteiger charge is 2.38. The molecule has 0 heterocycles. The number of hydrogen-bond donors (Lipinski definition) is 2. The van der Waals surface area contributed by atoms with Crippen LogP contribution in [0, 0.1) is 5.92 Å². The molecule has 0 radical (unpaired) electrons. The Morgan fingerprint density at radius 3 is 2.67 bits per heavy atom. The average Bonchev–Trinajstić information content (AvgIpc) is 2.05. The van der Waals surface area contributed by atoms with E-state index in [1.165, 1.54) is 12.2 Å². The molecule has 0 aromatic carbocycles. The van der Waals surface area contributed by atoms with E-state index in [4.69, 9.17) is 16.7 Å². The lowest BCUT2D eigenvalue weighted by Crippen LogP contribution is -2.42. The van der Waals surface area contributed by atoms with Gasteiger partial charge in [-0.25, -0.2) is 0 Å². The largest absolute Gasteiger partial charge is 0.481 e. The van der Waals surface area contributed by atoms with E-state index in [9.17, 15) is 9.90 Å². The summed E-state index contributed by atoms with van der Waals surface area (Å²) in [7, 11) is 0. The molecular formula is C8H9ClO3. The van der Waals surface area contributed by atoms with Crippen LogP contribution in [0.5, 0.6) is 0 Å². The van der Waals surface area contributed by atoms with Crippen molar-refractivity contribution in [2.24, 2.45) is 5.92 Å². The lowest BCUT2D eigenvalue weighted by Gasteiger charge is -2.28. The molecule has 1 rings (SSSR count). The fourth-order valence-electron chi connectivity index (χ4n) is 1.09. The van der Waals surface area contributed by atoms with E-state index < -0.39 is 17.5 Å². The first-order valence-corrected chi connectivity index (χ1v) is 4.01. The second-order valence-electron chi connectivity index (χ2n) is 2.68. The zero-order chi connectivity index (χ0) is 9.19. The molecule has 0 aromatic heterocycles. The predicted molar refractivity (Wildman–Crippen MR) is 45.1 cm³/mol. The highest BCUT2D eigenvalue weighted by Crippen LogP contribution is 2.25. The van der Waals surface area contributed by atoms with Crippen molar-refractivity contribution in [2.45, 2.75) is 5.60 Å². The number of carboxylic acids is 1. The molecule has 66 valence electrons. The summed E-state index contributed by atoms with van der Waals surface area (Å²) in [6.07, 6.45) is 5.99. The van der Waals surface area contributed by atoms with Crippen molar-refractivity contribution >= 4 is 17.6 Å². The van der Waals surface area contributed by atoms with Crippen molar-refractivity contribution < 1.29 is 15.0 Å². The molecule has 1 aliphatic carbocycles. The second kappa shape index (κ2) is 3.29. The summed E-state index contributed by atoms with van der Waals surface area (Å²) in [6.45, 7) is 0. The highest BCUT2D eigenvalue weighted by atomic mass is 35.5. The number of halogens is 1. The number of alkyl halides is 1. The lowest BCUT2D eigenvalue weighted by molar-refractivity contribution is -0.145. The summed E-state index contributed by atoms with van der Waals surface area (Å²) in [5, 5.41) is 18.4. The summed E-state index contributed by atoms with van der Waals surface area (Å²) in [6, 6.07) is 0. The van der Waals surface area contributed by atoms with E-state index >= 15 is 0 Å². The van der Waals surface area contributed by atoms with Crippen molar-refractivity contribution in [3.8, 4) is 0 Å². The first-order chi connectivity index (χ1) is 5.60. The summed E-state index contributed by atoms with van der Waals surface area (Å²) in [5.74, 6) is -2.14. The first-order valence-electron chi connectivity index (χ1n) is 3.47. The molecule has 0 aliphatic heterocycles. The Hall–Kier alpha value is -0.800. The van der Waals surface area contributed by atoms with Gasteiger partial charge in [0.1, 0.15) is 11.5 Å². The van der Waals surface area contributed by atoms with Crippen molar-refractivity contribution in [3.63, 3.8) is 0 Å². The number of rotatable bonds is 2. The molecular weight excluding hydrogens is 180 g/mol. The van der Waals surface area contributed by atoms with Crippen LogP contribution < -0.4 is 0 Å². The normalized spacial score (nSPS) is 33.7. The quantitative estimate of drug-likeness (QED) is 0.630. The molecule has 4 heteroatoms. The molecule has 0 saturated carbocycles. The number of allylic oxidation sites excluding steroid dienone is 2. The fraction of sp³-hybridized carbons (Fsp3) is 0.375. The lowest BCUT2D eigenvalue weighted by atomic mass is 9.85. The van der Waals surface area contributed by atoms with Gasteiger partial charge in [-0.3, -0.25) is 4.79 Å². The molecule has 12 heavy (non-hydrogen) atoms. The smallest absolute Gasteiger partial charge is 0.313 e. The summed E-state index contributed by atoms with van der Waals surface area (Å²) in [5.41, 5.74) is -1.44. The third kappa shape index (κ3) is 1.52. The Labute approximate surface area is 75.0 Å². The number of aliphatic carboxylic acids is 1. The summed E-state index contributed by atoms with van der Waals surface area (Å²) >= 11 is 5.46. The highest BCUT2D eigenvalue weighted by molar-refractivity contribution is 6.19. The molecule has 0 bridgehead atoms. The van der Waals surface area contributed by atoms with E-state index in [1.54, 1.807) is 12.2 Å². The molecule has 2 N–H and O–H groups in total. The monoisotopic (exact) mass is 188 g/mol. The Balaban J connectivity index is 2.92. The van der Waals surface area contributed by atoms with E-state index in [1.807, 2.05) is 0 Å². The van der Waals surface area contributed by atoms with Crippen LogP contribution >= 0.6 is 11.6 Å². The molecule has 0 aromatic rings. The van der Waals surface area contributed by atoms with Crippen LogP contribution in [0.25, 0.3) is 0 Å². The van der Waals surface area contributed by atoms with Crippen LogP contribution in [0.3, 0.4) is 0 Å². The zero-order valence-electron chi connectivity index (χ0n) is 6.27. The van der Waals surface area contributed by atoms with Crippen LogP contribution in [0.15, 0.2) is 24.3 Å². The van der Waals surface area contributed by atoms with E-state index in [2.05, 4.69) is 0 Å². The molecule has 0 amide bonds. The van der Waals surface area contributed by atoms with Gasteiger partial charge in [-0.2, -0.15) is 0 Å². The third-order valence-corrected chi connectivity index (χ3v) is 2.25. The van der Waals surface area contributed by atoms with Crippen molar-refractivity contribution in [1.29, 1.82) is 0 Å². The third-order valence-electron chi connectivity index (χ3n) is 1.82. The van der Waals surface area contributed by atoms with E-state index in [0.29, 0.717) is 0 Å². The van der Waals surface area contributed by atoms with Crippen molar-refractivity contribution in [3.05, 3.63) is 24.3 Å². The molecule has 1 aliphatic rings. The number of aliphatic hydroxyl groups is 1. The summed E-state index contributed by atoms with van der Waals surface area (Å²) < 4.78 is 0. The van der Waals surface area contributed by atoms with Gasteiger partial charge in [0, 0.05) is 0 Å². The van der Waals surface area contributed by atoms with Crippen LogP contribution in [0.1, 0.15) is 0 Å². The van der Waals surface area contributed by atoms with Crippen LogP contribution in [-0.4, -0.2) is 27.7 Å². The van der Waals surface area contributed by atoms with Crippen molar-refractivity contribution in [2.75, 3.05) is 5.88 Å². The SMILES string of the molecule is O=C(O)C1C=CC=CC1(O)CCl. The Kier molecular flexibility index (Phi) is 2.55. The first kappa shape index (κ1) is 9.29. The van der Waals surface area contributed by atoms with Gasteiger partial charge >= 0.3 is 5.97 Å². The van der Waals surface area contributed by atoms with Gasteiger partial charge in [-0.1, -0.05) is 24.3 Å². The minimum absolute atomic E-state index is 0.120. The summed E-state index contributed by atoms with van der Waals surface area (Å²) in [4.78, 5) is 10.6. The van der Waals surface area contributed by atoms with E-state index in [-0.39, 0.29) is 5.88 Å². The molecule has 0 fully saturated rings.